The predicted molar refractivity (Wildman–Crippen MR) is 58.6 cm³/mol. The molecule has 2 heterocycles. The Labute approximate surface area is 98.8 Å². The highest BCUT2D eigenvalue weighted by Gasteiger charge is 2.20. The first-order valence-corrected chi connectivity index (χ1v) is 4.95. The molecule has 0 amide bonds. The second kappa shape index (κ2) is 5.56. The van der Waals surface area contributed by atoms with Gasteiger partial charge in [0.15, 0.2) is 0 Å². The third kappa shape index (κ3) is 3.13. The molecule has 1 aliphatic heterocycles. The van der Waals surface area contributed by atoms with Crippen LogP contribution in [0, 0.1) is 0 Å². The zero-order chi connectivity index (χ0) is 10.8. The van der Waals surface area contributed by atoms with Gasteiger partial charge in [0.2, 0.25) is 0 Å². The van der Waals surface area contributed by atoms with Gasteiger partial charge in [0, 0.05) is 31.9 Å². The first-order valence-electron chi connectivity index (χ1n) is 4.95. The fourth-order valence-corrected chi connectivity index (χ4v) is 1.81. The van der Waals surface area contributed by atoms with Crippen LogP contribution in [0.25, 0.3) is 0 Å². The van der Waals surface area contributed by atoms with E-state index in [0.717, 1.165) is 19.5 Å². The van der Waals surface area contributed by atoms with Crippen molar-refractivity contribution in [2.45, 2.75) is 25.6 Å². The van der Waals surface area contributed by atoms with Crippen molar-refractivity contribution in [3.63, 3.8) is 0 Å². The molecule has 92 valence electrons. The summed E-state index contributed by atoms with van der Waals surface area (Å²) in [7, 11) is 0. The Kier molecular flexibility index (Phi) is 4.64. The van der Waals surface area contributed by atoms with Gasteiger partial charge in [-0.05, 0) is 12.5 Å². The maximum Gasteiger partial charge on any atom is 0.333 e. The van der Waals surface area contributed by atoms with Gasteiger partial charge in [-0.3, -0.25) is 4.90 Å². The number of aromatic nitrogens is 2. The maximum absolute atomic E-state index is 12.2. The van der Waals surface area contributed by atoms with Gasteiger partial charge in [-0.15, -0.1) is 12.4 Å². The summed E-state index contributed by atoms with van der Waals surface area (Å²) in [6.07, 6.45) is 2.27. The number of hydrogen-bond donors (Lipinski definition) is 1. The quantitative estimate of drug-likeness (QED) is 0.880. The summed E-state index contributed by atoms with van der Waals surface area (Å²) >= 11 is 0. The summed E-state index contributed by atoms with van der Waals surface area (Å²) in [6.45, 7) is -0.211. The Morgan fingerprint density at radius 1 is 1.56 bits per heavy atom. The summed E-state index contributed by atoms with van der Waals surface area (Å²) in [5, 5.41) is 3.78. The molecule has 0 aliphatic carbocycles. The highest BCUT2D eigenvalue weighted by atomic mass is 35.5. The lowest BCUT2D eigenvalue weighted by Gasteiger charge is -2.12. The van der Waals surface area contributed by atoms with Crippen LogP contribution < -0.4 is 5.73 Å². The number of hydrogen-bond acceptors (Lipinski definition) is 3. The Morgan fingerprint density at radius 2 is 2.31 bits per heavy atom. The van der Waals surface area contributed by atoms with Gasteiger partial charge >= 0.3 is 6.55 Å². The second-order valence-electron chi connectivity index (χ2n) is 3.85. The Bertz CT molecular complexity index is 331. The van der Waals surface area contributed by atoms with Gasteiger partial charge in [-0.1, -0.05) is 0 Å². The summed E-state index contributed by atoms with van der Waals surface area (Å²) < 4.78 is 25.1. The van der Waals surface area contributed by atoms with E-state index in [2.05, 4.69) is 10.00 Å². The highest BCUT2D eigenvalue weighted by molar-refractivity contribution is 5.85. The minimum absolute atomic E-state index is 0. The molecule has 1 aromatic rings. The minimum atomic E-state index is -2.56. The average molecular weight is 253 g/mol. The average Bonchev–Trinajstić information content (AvgIpc) is 2.76. The smallest absolute Gasteiger partial charge is 0.326 e. The van der Waals surface area contributed by atoms with Gasteiger partial charge in [0.05, 0.1) is 5.69 Å². The zero-order valence-corrected chi connectivity index (χ0v) is 9.54. The lowest BCUT2D eigenvalue weighted by atomic mass is 10.3. The van der Waals surface area contributed by atoms with E-state index in [1.807, 2.05) is 0 Å². The normalized spacial score (nSPS) is 21.4. The van der Waals surface area contributed by atoms with E-state index in [-0.39, 0.29) is 18.4 Å². The molecule has 1 fully saturated rings. The molecule has 0 saturated carbocycles. The monoisotopic (exact) mass is 252 g/mol. The fourth-order valence-electron chi connectivity index (χ4n) is 1.81. The third-order valence-corrected chi connectivity index (χ3v) is 2.56. The summed E-state index contributed by atoms with van der Waals surface area (Å²) in [6, 6.07) is 1.83. The standard InChI is InChI=1S/C9H14F2N4.ClH/c10-9(11)15-4-2-8(13-15)6-14-3-1-7(12)5-14;/h2,4,7,9H,1,3,5-6,12H2;1H. The number of nitrogens with two attached hydrogens (primary N) is 1. The van der Waals surface area contributed by atoms with Crippen molar-refractivity contribution >= 4 is 12.4 Å². The van der Waals surface area contributed by atoms with Crippen LogP contribution in [0.3, 0.4) is 0 Å². The van der Waals surface area contributed by atoms with E-state index in [9.17, 15) is 8.78 Å². The second-order valence-corrected chi connectivity index (χ2v) is 3.85. The van der Waals surface area contributed by atoms with Crippen LogP contribution in [0.4, 0.5) is 8.78 Å². The van der Waals surface area contributed by atoms with Crippen molar-refractivity contribution in [1.82, 2.24) is 14.7 Å². The van der Waals surface area contributed by atoms with Gasteiger partial charge < -0.3 is 5.73 Å². The first-order chi connectivity index (χ1) is 7.15. The van der Waals surface area contributed by atoms with Crippen LogP contribution in [-0.2, 0) is 6.54 Å². The number of rotatable bonds is 3. The molecule has 1 aliphatic rings. The van der Waals surface area contributed by atoms with E-state index >= 15 is 0 Å². The molecule has 1 atom stereocenters. The van der Waals surface area contributed by atoms with Crippen LogP contribution in [-0.4, -0.2) is 33.8 Å². The van der Waals surface area contributed by atoms with Crippen molar-refractivity contribution in [3.05, 3.63) is 18.0 Å². The highest BCUT2D eigenvalue weighted by Crippen LogP contribution is 2.13. The number of likely N-dealkylation sites (tertiary alicyclic amines) is 1. The number of nitrogens with zero attached hydrogens (tertiary/aromatic N) is 3. The molecule has 16 heavy (non-hydrogen) atoms. The van der Waals surface area contributed by atoms with Gasteiger partial charge in [-0.25, -0.2) is 4.68 Å². The van der Waals surface area contributed by atoms with Crippen LogP contribution >= 0.6 is 12.4 Å². The van der Waals surface area contributed by atoms with Gasteiger partial charge in [-0.2, -0.15) is 13.9 Å². The molecule has 0 bridgehead atoms. The van der Waals surface area contributed by atoms with E-state index in [1.54, 1.807) is 6.07 Å². The maximum atomic E-state index is 12.2. The number of halogens is 3. The summed E-state index contributed by atoms with van der Waals surface area (Å²) in [5.41, 5.74) is 6.42. The Hall–Kier alpha value is -0.720. The van der Waals surface area contributed by atoms with Gasteiger partial charge in [0.1, 0.15) is 0 Å². The van der Waals surface area contributed by atoms with Crippen LogP contribution in [0.2, 0.25) is 0 Å². The molecule has 0 radical (unpaired) electrons. The first kappa shape index (κ1) is 13.3. The molecule has 2 N–H and O–H groups in total. The third-order valence-electron chi connectivity index (χ3n) is 2.56. The fraction of sp³-hybridized carbons (Fsp3) is 0.667. The lowest BCUT2D eigenvalue weighted by molar-refractivity contribution is 0.0558. The lowest BCUT2D eigenvalue weighted by Crippen LogP contribution is -2.26. The molecule has 1 unspecified atom stereocenters. The van der Waals surface area contributed by atoms with Gasteiger partial charge in [0.25, 0.3) is 0 Å². The van der Waals surface area contributed by atoms with E-state index in [4.69, 9.17) is 5.73 Å². The topological polar surface area (TPSA) is 47.1 Å². The molecular formula is C9H15ClF2N4. The van der Waals surface area contributed by atoms with Crippen molar-refractivity contribution in [2.24, 2.45) is 5.73 Å². The van der Waals surface area contributed by atoms with E-state index < -0.39 is 6.55 Å². The summed E-state index contributed by atoms with van der Waals surface area (Å²) in [5.74, 6) is 0. The van der Waals surface area contributed by atoms with Crippen LogP contribution in [0.5, 0.6) is 0 Å². The largest absolute Gasteiger partial charge is 0.333 e. The molecular weight excluding hydrogens is 238 g/mol. The molecule has 7 heteroatoms. The Morgan fingerprint density at radius 3 is 2.81 bits per heavy atom. The van der Waals surface area contributed by atoms with Crippen molar-refractivity contribution in [2.75, 3.05) is 13.1 Å². The van der Waals surface area contributed by atoms with Crippen molar-refractivity contribution < 1.29 is 8.78 Å². The van der Waals surface area contributed by atoms with Crippen LogP contribution in [0.15, 0.2) is 12.3 Å². The molecule has 0 aromatic carbocycles. The van der Waals surface area contributed by atoms with Crippen molar-refractivity contribution in [1.29, 1.82) is 0 Å². The molecule has 1 saturated heterocycles. The van der Waals surface area contributed by atoms with Crippen LogP contribution in [0.1, 0.15) is 18.7 Å². The zero-order valence-electron chi connectivity index (χ0n) is 8.72. The van der Waals surface area contributed by atoms with E-state index in [0.29, 0.717) is 16.9 Å². The molecule has 1 aromatic heterocycles. The minimum Gasteiger partial charge on any atom is -0.326 e. The number of alkyl halides is 2. The van der Waals surface area contributed by atoms with Crippen molar-refractivity contribution in [3.8, 4) is 0 Å². The predicted octanol–water partition coefficient (Wildman–Crippen LogP) is 1.23. The molecule has 0 spiro atoms. The Balaban J connectivity index is 0.00000128. The SMILES string of the molecule is Cl.NC1CCN(Cc2ccn(C(F)F)n2)C1. The molecule has 4 nitrogen and oxygen atoms in total. The van der Waals surface area contributed by atoms with E-state index in [1.165, 1.54) is 6.20 Å². The molecule has 2 rings (SSSR count). The summed E-state index contributed by atoms with van der Waals surface area (Å²) in [4.78, 5) is 2.13.